The van der Waals surface area contributed by atoms with Gasteiger partial charge in [0.15, 0.2) is 0 Å². The van der Waals surface area contributed by atoms with Crippen molar-refractivity contribution in [2.45, 2.75) is 25.1 Å². The number of morpholine rings is 1. The van der Waals surface area contributed by atoms with E-state index >= 15 is 0 Å². The third-order valence-electron chi connectivity index (χ3n) is 5.93. The van der Waals surface area contributed by atoms with Crippen LogP contribution in [0.5, 0.6) is 5.75 Å². The largest absolute Gasteiger partial charge is 0.490 e. The molecule has 1 atom stereocenters. The minimum atomic E-state index is -0.986. The molecule has 2 amide bonds. The Morgan fingerprint density at radius 3 is 2.63 bits per heavy atom. The fraction of sp³-hybridized carbons (Fsp3) is 0.346. The molecule has 0 N–H and O–H groups in total. The molecule has 8 nitrogen and oxygen atoms in total. The monoisotopic (exact) mass is 496 g/mol. The number of nitrogens with zero attached hydrogens (tertiary/aromatic N) is 4. The van der Waals surface area contributed by atoms with E-state index in [2.05, 4.69) is 5.10 Å². The van der Waals surface area contributed by atoms with E-state index in [4.69, 9.17) is 21.1 Å². The molecule has 184 valence electrons. The van der Waals surface area contributed by atoms with Crippen molar-refractivity contribution in [1.29, 1.82) is 0 Å². The van der Waals surface area contributed by atoms with Crippen molar-refractivity contribution in [3.63, 3.8) is 0 Å². The van der Waals surface area contributed by atoms with E-state index in [1.54, 1.807) is 64.3 Å². The molecular formula is C26H29ClN4O4. The fourth-order valence-electron chi connectivity index (χ4n) is 4.04. The number of halogens is 1. The van der Waals surface area contributed by atoms with E-state index in [-0.39, 0.29) is 37.9 Å². The molecule has 1 aliphatic rings. The normalized spacial score (nSPS) is 17.7. The number of aromatic nitrogens is 2. The molecule has 0 bridgehead atoms. The first-order valence-electron chi connectivity index (χ1n) is 11.5. The number of rotatable bonds is 9. The van der Waals surface area contributed by atoms with Gasteiger partial charge in [-0.1, -0.05) is 41.9 Å². The summed E-state index contributed by atoms with van der Waals surface area (Å²) < 4.78 is 13.8. The predicted molar refractivity (Wildman–Crippen MR) is 132 cm³/mol. The van der Waals surface area contributed by atoms with Gasteiger partial charge in [0, 0.05) is 37.6 Å². The summed E-state index contributed by atoms with van der Waals surface area (Å²) in [5, 5.41) is 4.73. The number of hydrogen-bond donors (Lipinski definition) is 0. The highest BCUT2D eigenvalue weighted by molar-refractivity contribution is 6.30. The number of carbonyl (C=O) groups is 2. The second-order valence-electron chi connectivity index (χ2n) is 8.71. The van der Waals surface area contributed by atoms with Crippen LogP contribution in [0.2, 0.25) is 5.02 Å². The molecule has 4 rings (SSSR count). The highest BCUT2D eigenvalue weighted by atomic mass is 35.5. The lowest BCUT2D eigenvalue weighted by atomic mass is 9.96. The lowest BCUT2D eigenvalue weighted by molar-refractivity contribution is -0.166. The standard InChI is InChI=1S/C26H29ClN4O4/c1-29(17-21-6-3-2-4-7-21)24(32)16-26(20-34-23-10-8-22(27)9-11-23)19-30(14-15-35-26)25(33)18-31-13-5-12-28-31/h2-13H,14-20H2,1H3. The summed E-state index contributed by atoms with van der Waals surface area (Å²) in [4.78, 5) is 29.6. The van der Waals surface area contributed by atoms with E-state index in [1.807, 2.05) is 30.3 Å². The summed E-state index contributed by atoms with van der Waals surface area (Å²) in [7, 11) is 1.77. The molecule has 1 unspecified atom stereocenters. The molecule has 1 fully saturated rings. The van der Waals surface area contributed by atoms with Crippen LogP contribution in [-0.4, -0.2) is 70.3 Å². The number of carbonyl (C=O) groups excluding carboxylic acids is 2. The first-order valence-corrected chi connectivity index (χ1v) is 11.9. The Kier molecular flexibility index (Phi) is 8.05. The summed E-state index contributed by atoms with van der Waals surface area (Å²) in [5.74, 6) is 0.440. The third kappa shape index (κ3) is 6.83. The summed E-state index contributed by atoms with van der Waals surface area (Å²) >= 11 is 5.99. The lowest BCUT2D eigenvalue weighted by Gasteiger charge is -2.42. The molecule has 2 heterocycles. The van der Waals surface area contributed by atoms with Gasteiger partial charge in [-0.3, -0.25) is 14.3 Å². The average Bonchev–Trinajstić information content (AvgIpc) is 3.37. The van der Waals surface area contributed by atoms with Crippen molar-refractivity contribution in [2.75, 3.05) is 33.4 Å². The van der Waals surface area contributed by atoms with Gasteiger partial charge < -0.3 is 19.3 Å². The zero-order valence-electron chi connectivity index (χ0n) is 19.7. The molecule has 1 aromatic heterocycles. The highest BCUT2D eigenvalue weighted by Gasteiger charge is 2.42. The molecule has 1 saturated heterocycles. The summed E-state index contributed by atoms with van der Waals surface area (Å²) in [5.41, 5.74) is 0.0510. The Balaban J connectivity index is 1.48. The van der Waals surface area contributed by atoms with Crippen molar-refractivity contribution in [1.82, 2.24) is 19.6 Å². The van der Waals surface area contributed by atoms with Crippen molar-refractivity contribution in [3.05, 3.63) is 83.6 Å². The highest BCUT2D eigenvalue weighted by Crippen LogP contribution is 2.26. The molecule has 3 aromatic rings. The smallest absolute Gasteiger partial charge is 0.244 e. The van der Waals surface area contributed by atoms with E-state index < -0.39 is 5.60 Å². The van der Waals surface area contributed by atoms with E-state index in [1.165, 1.54) is 0 Å². The van der Waals surface area contributed by atoms with Crippen LogP contribution in [0.3, 0.4) is 0 Å². The maximum atomic E-state index is 13.3. The summed E-state index contributed by atoms with van der Waals surface area (Å²) in [6, 6.07) is 18.6. The Morgan fingerprint density at radius 2 is 1.91 bits per heavy atom. The minimum absolute atomic E-state index is 0.0788. The van der Waals surface area contributed by atoms with E-state index in [9.17, 15) is 9.59 Å². The number of amides is 2. The first kappa shape index (κ1) is 24.8. The zero-order chi connectivity index (χ0) is 24.7. The zero-order valence-corrected chi connectivity index (χ0v) is 20.4. The lowest BCUT2D eigenvalue weighted by Crippen LogP contribution is -2.58. The summed E-state index contributed by atoms with van der Waals surface area (Å²) in [6.45, 7) is 1.72. The van der Waals surface area contributed by atoms with Gasteiger partial charge in [0.05, 0.1) is 19.6 Å². The number of benzene rings is 2. The summed E-state index contributed by atoms with van der Waals surface area (Å²) in [6.07, 6.45) is 3.46. The second-order valence-corrected chi connectivity index (χ2v) is 9.14. The van der Waals surface area contributed by atoms with Gasteiger partial charge in [-0.15, -0.1) is 0 Å². The van der Waals surface area contributed by atoms with Crippen molar-refractivity contribution < 1.29 is 19.1 Å². The van der Waals surface area contributed by atoms with Crippen LogP contribution in [-0.2, 0) is 27.4 Å². The predicted octanol–water partition coefficient (Wildman–Crippen LogP) is 3.26. The van der Waals surface area contributed by atoms with Crippen LogP contribution in [0, 0.1) is 0 Å². The quantitative estimate of drug-likeness (QED) is 0.454. The van der Waals surface area contributed by atoms with Gasteiger partial charge in [0.25, 0.3) is 0 Å². The number of ether oxygens (including phenoxy) is 2. The molecule has 35 heavy (non-hydrogen) atoms. The SMILES string of the molecule is CN(Cc1ccccc1)C(=O)CC1(COc2ccc(Cl)cc2)CN(C(=O)Cn2cccn2)CCO1. The van der Waals surface area contributed by atoms with Crippen molar-refractivity contribution >= 4 is 23.4 Å². The van der Waals surface area contributed by atoms with Gasteiger partial charge in [-0.25, -0.2) is 0 Å². The van der Waals surface area contributed by atoms with Crippen molar-refractivity contribution in [2.24, 2.45) is 0 Å². The maximum Gasteiger partial charge on any atom is 0.244 e. The van der Waals surface area contributed by atoms with Crippen LogP contribution in [0.1, 0.15) is 12.0 Å². The fourth-order valence-corrected chi connectivity index (χ4v) is 4.16. The first-order chi connectivity index (χ1) is 16.9. The van der Waals surface area contributed by atoms with Crippen LogP contribution in [0.15, 0.2) is 73.1 Å². The molecule has 0 aliphatic carbocycles. The Bertz CT molecular complexity index is 1110. The van der Waals surface area contributed by atoms with Crippen LogP contribution < -0.4 is 4.74 Å². The molecule has 0 radical (unpaired) electrons. The third-order valence-corrected chi connectivity index (χ3v) is 6.19. The van der Waals surface area contributed by atoms with Crippen LogP contribution in [0.25, 0.3) is 0 Å². The topological polar surface area (TPSA) is 76.9 Å². The molecule has 2 aromatic carbocycles. The Hall–Kier alpha value is -3.36. The van der Waals surface area contributed by atoms with Gasteiger partial charge in [-0.2, -0.15) is 5.10 Å². The second kappa shape index (κ2) is 11.4. The Morgan fingerprint density at radius 1 is 1.14 bits per heavy atom. The van der Waals surface area contributed by atoms with Crippen LogP contribution >= 0.6 is 11.6 Å². The van der Waals surface area contributed by atoms with Crippen molar-refractivity contribution in [3.8, 4) is 5.75 Å². The molecule has 0 spiro atoms. The van der Waals surface area contributed by atoms with Gasteiger partial charge >= 0.3 is 0 Å². The van der Waals surface area contributed by atoms with E-state index in [0.29, 0.717) is 30.5 Å². The van der Waals surface area contributed by atoms with Gasteiger partial charge in [0.1, 0.15) is 24.5 Å². The Labute approximate surface area is 210 Å². The molecule has 0 saturated carbocycles. The van der Waals surface area contributed by atoms with E-state index in [0.717, 1.165) is 5.56 Å². The molecular weight excluding hydrogens is 468 g/mol. The van der Waals surface area contributed by atoms with Crippen LogP contribution in [0.4, 0.5) is 0 Å². The number of hydrogen-bond acceptors (Lipinski definition) is 5. The van der Waals surface area contributed by atoms with Gasteiger partial charge in [-0.05, 0) is 35.9 Å². The minimum Gasteiger partial charge on any atom is -0.490 e. The average molecular weight is 497 g/mol. The maximum absolute atomic E-state index is 13.3. The molecule has 9 heteroatoms. The molecule has 1 aliphatic heterocycles. The van der Waals surface area contributed by atoms with Gasteiger partial charge in [0.2, 0.25) is 11.8 Å².